The fourth-order valence-electron chi connectivity index (χ4n) is 2.40. The molecule has 3 aromatic rings. The highest BCUT2D eigenvalue weighted by Gasteiger charge is 2.06. The lowest BCUT2D eigenvalue weighted by Gasteiger charge is -2.08. The molecule has 0 aliphatic carbocycles. The minimum atomic E-state index is 0.0741. The van der Waals surface area contributed by atoms with E-state index in [1.54, 1.807) is 0 Å². The predicted octanol–water partition coefficient (Wildman–Crippen LogP) is 2.40. The molecule has 2 heterocycles. The molecular formula is C15H17N3O. The van der Waals surface area contributed by atoms with E-state index in [9.17, 15) is 5.11 Å². The molecule has 0 bridgehead atoms. The quantitative estimate of drug-likeness (QED) is 0.778. The van der Waals surface area contributed by atoms with Crippen molar-refractivity contribution in [2.45, 2.75) is 26.6 Å². The third-order valence-electron chi connectivity index (χ3n) is 3.48. The van der Waals surface area contributed by atoms with Crippen molar-refractivity contribution in [1.29, 1.82) is 0 Å². The van der Waals surface area contributed by atoms with E-state index < -0.39 is 0 Å². The number of fused-ring (bicyclic) bond motifs is 1. The molecule has 0 spiro atoms. The second-order valence-electron chi connectivity index (χ2n) is 4.62. The molecular weight excluding hydrogens is 238 g/mol. The number of aliphatic hydroxyl groups excluding tert-OH is 1. The molecule has 0 aliphatic rings. The highest BCUT2D eigenvalue weighted by molar-refractivity contribution is 5.80. The molecule has 98 valence electrons. The number of imidazole rings is 1. The van der Waals surface area contributed by atoms with Crippen LogP contribution in [0.2, 0.25) is 0 Å². The van der Waals surface area contributed by atoms with Crippen molar-refractivity contribution < 1.29 is 5.11 Å². The Morgan fingerprint density at radius 2 is 2.05 bits per heavy atom. The molecule has 1 N–H and O–H groups in total. The molecule has 2 aromatic heterocycles. The molecule has 4 nitrogen and oxygen atoms in total. The van der Waals surface area contributed by atoms with E-state index in [0.717, 1.165) is 30.0 Å². The molecule has 0 aliphatic heterocycles. The molecule has 0 atom stereocenters. The van der Waals surface area contributed by atoms with Crippen LogP contribution in [0.25, 0.3) is 10.9 Å². The first kappa shape index (κ1) is 12.0. The van der Waals surface area contributed by atoms with E-state index in [0.29, 0.717) is 0 Å². The van der Waals surface area contributed by atoms with Gasteiger partial charge in [0.05, 0.1) is 13.2 Å². The summed E-state index contributed by atoms with van der Waals surface area (Å²) < 4.78 is 4.31. The van der Waals surface area contributed by atoms with Gasteiger partial charge in [0.1, 0.15) is 5.82 Å². The average molecular weight is 255 g/mol. The summed E-state index contributed by atoms with van der Waals surface area (Å²) in [6.45, 7) is 3.86. The standard InChI is InChI=1S/C15H17N3O/c1-2-17-8-6-16-15(17)10-18-7-5-13-4-3-12(11-19)9-14(13)18/h3-9,19H,2,10-11H2,1H3. The topological polar surface area (TPSA) is 43.0 Å². The van der Waals surface area contributed by atoms with Crippen LogP contribution in [0.1, 0.15) is 18.3 Å². The van der Waals surface area contributed by atoms with E-state index in [4.69, 9.17) is 0 Å². The highest BCUT2D eigenvalue weighted by atomic mass is 16.3. The van der Waals surface area contributed by atoms with Crippen LogP contribution in [0.5, 0.6) is 0 Å². The maximum atomic E-state index is 9.24. The average Bonchev–Trinajstić information content (AvgIpc) is 3.06. The number of benzene rings is 1. The minimum absolute atomic E-state index is 0.0741. The zero-order chi connectivity index (χ0) is 13.2. The maximum absolute atomic E-state index is 9.24. The fraction of sp³-hybridized carbons (Fsp3) is 0.267. The summed E-state index contributed by atoms with van der Waals surface area (Å²) in [6, 6.07) is 8.13. The van der Waals surface area contributed by atoms with Crippen LogP contribution in [0, 0.1) is 0 Å². The van der Waals surface area contributed by atoms with Crippen LogP contribution in [-0.4, -0.2) is 19.2 Å². The Hall–Kier alpha value is -2.07. The van der Waals surface area contributed by atoms with Crippen molar-refractivity contribution in [2.24, 2.45) is 0 Å². The van der Waals surface area contributed by atoms with Crippen molar-refractivity contribution in [3.63, 3.8) is 0 Å². The fourth-order valence-corrected chi connectivity index (χ4v) is 2.40. The minimum Gasteiger partial charge on any atom is -0.392 e. The Kier molecular flexibility index (Phi) is 3.09. The van der Waals surface area contributed by atoms with Gasteiger partial charge in [0.25, 0.3) is 0 Å². The Labute approximate surface area is 111 Å². The number of nitrogens with zero attached hydrogens (tertiary/aromatic N) is 3. The third-order valence-corrected chi connectivity index (χ3v) is 3.48. The van der Waals surface area contributed by atoms with Crippen molar-refractivity contribution in [1.82, 2.24) is 14.1 Å². The van der Waals surface area contributed by atoms with Gasteiger partial charge >= 0.3 is 0 Å². The van der Waals surface area contributed by atoms with Crippen LogP contribution >= 0.6 is 0 Å². The van der Waals surface area contributed by atoms with Crippen LogP contribution in [-0.2, 0) is 19.7 Å². The van der Waals surface area contributed by atoms with Gasteiger partial charge in [0.2, 0.25) is 0 Å². The van der Waals surface area contributed by atoms with E-state index in [-0.39, 0.29) is 6.61 Å². The molecule has 0 fully saturated rings. The number of hydrogen-bond donors (Lipinski definition) is 1. The van der Waals surface area contributed by atoms with Crippen LogP contribution in [0.15, 0.2) is 42.9 Å². The van der Waals surface area contributed by atoms with Crippen LogP contribution < -0.4 is 0 Å². The predicted molar refractivity (Wildman–Crippen MR) is 74.9 cm³/mol. The molecule has 0 saturated heterocycles. The zero-order valence-electron chi connectivity index (χ0n) is 11.0. The van der Waals surface area contributed by atoms with Gasteiger partial charge in [0, 0.05) is 30.7 Å². The summed E-state index contributed by atoms with van der Waals surface area (Å²) in [5.74, 6) is 1.05. The number of aromatic nitrogens is 3. The van der Waals surface area contributed by atoms with Gasteiger partial charge in [-0.2, -0.15) is 0 Å². The number of hydrogen-bond acceptors (Lipinski definition) is 2. The Bertz CT molecular complexity index is 696. The van der Waals surface area contributed by atoms with Gasteiger partial charge in [-0.3, -0.25) is 0 Å². The zero-order valence-corrected chi connectivity index (χ0v) is 11.0. The van der Waals surface area contributed by atoms with Gasteiger partial charge < -0.3 is 14.2 Å². The Morgan fingerprint density at radius 1 is 1.16 bits per heavy atom. The first-order valence-corrected chi connectivity index (χ1v) is 6.50. The summed E-state index contributed by atoms with van der Waals surface area (Å²) in [5.41, 5.74) is 2.07. The van der Waals surface area contributed by atoms with Crippen LogP contribution in [0.3, 0.4) is 0 Å². The first-order valence-electron chi connectivity index (χ1n) is 6.50. The van der Waals surface area contributed by atoms with Crippen LogP contribution in [0.4, 0.5) is 0 Å². The van der Waals surface area contributed by atoms with E-state index in [1.807, 2.05) is 30.6 Å². The SMILES string of the molecule is CCn1ccnc1Cn1ccc2ccc(CO)cc21. The van der Waals surface area contributed by atoms with Gasteiger partial charge in [0.15, 0.2) is 0 Å². The summed E-state index contributed by atoms with van der Waals surface area (Å²) >= 11 is 0. The normalized spacial score (nSPS) is 11.3. The van der Waals surface area contributed by atoms with Crippen molar-refractivity contribution in [2.75, 3.05) is 0 Å². The lowest BCUT2D eigenvalue weighted by Crippen LogP contribution is -2.06. The molecule has 0 radical (unpaired) electrons. The molecule has 3 rings (SSSR count). The Morgan fingerprint density at radius 3 is 2.84 bits per heavy atom. The van der Waals surface area contributed by atoms with Gasteiger partial charge in [-0.1, -0.05) is 12.1 Å². The third kappa shape index (κ3) is 2.15. The molecule has 4 heteroatoms. The number of rotatable bonds is 4. The Balaban J connectivity index is 2.01. The molecule has 0 saturated carbocycles. The monoisotopic (exact) mass is 255 g/mol. The lowest BCUT2D eigenvalue weighted by atomic mass is 10.2. The summed E-state index contributed by atoms with van der Waals surface area (Å²) in [7, 11) is 0. The molecule has 1 aromatic carbocycles. The first-order chi connectivity index (χ1) is 9.31. The van der Waals surface area contributed by atoms with Gasteiger partial charge in [-0.15, -0.1) is 0 Å². The number of aliphatic hydroxyl groups is 1. The van der Waals surface area contributed by atoms with Crippen molar-refractivity contribution in [3.05, 3.63) is 54.2 Å². The van der Waals surface area contributed by atoms with Gasteiger partial charge in [-0.25, -0.2) is 4.98 Å². The van der Waals surface area contributed by atoms with Crippen molar-refractivity contribution in [3.8, 4) is 0 Å². The highest BCUT2D eigenvalue weighted by Crippen LogP contribution is 2.19. The number of aryl methyl sites for hydroxylation is 1. The van der Waals surface area contributed by atoms with Gasteiger partial charge in [-0.05, 0) is 30.0 Å². The van der Waals surface area contributed by atoms with E-state index in [2.05, 4.69) is 33.3 Å². The second kappa shape index (κ2) is 4.90. The van der Waals surface area contributed by atoms with Crippen molar-refractivity contribution >= 4 is 10.9 Å². The molecule has 0 unspecified atom stereocenters. The largest absolute Gasteiger partial charge is 0.392 e. The summed E-state index contributed by atoms with van der Waals surface area (Å²) in [6.07, 6.45) is 5.91. The molecule has 0 amide bonds. The molecule has 19 heavy (non-hydrogen) atoms. The smallest absolute Gasteiger partial charge is 0.128 e. The van der Waals surface area contributed by atoms with E-state index in [1.165, 1.54) is 5.39 Å². The lowest BCUT2D eigenvalue weighted by molar-refractivity contribution is 0.282. The van der Waals surface area contributed by atoms with E-state index >= 15 is 0 Å². The summed E-state index contributed by atoms with van der Waals surface area (Å²) in [4.78, 5) is 4.40. The summed E-state index contributed by atoms with van der Waals surface area (Å²) in [5, 5.41) is 10.4. The maximum Gasteiger partial charge on any atom is 0.128 e. The second-order valence-corrected chi connectivity index (χ2v) is 4.62.